The van der Waals surface area contributed by atoms with Crippen LogP contribution in [0.4, 0.5) is 5.13 Å². The molecule has 1 saturated heterocycles. The number of nitrogens with one attached hydrogen (secondary N) is 1. The molecular formula is C14H25N3O2S. The van der Waals surface area contributed by atoms with E-state index in [-0.39, 0.29) is 0 Å². The lowest BCUT2D eigenvalue weighted by molar-refractivity contribution is 0.0576. The van der Waals surface area contributed by atoms with Gasteiger partial charge in [-0.3, -0.25) is 0 Å². The van der Waals surface area contributed by atoms with Crippen LogP contribution >= 0.6 is 11.3 Å². The van der Waals surface area contributed by atoms with Crippen molar-refractivity contribution in [1.82, 2.24) is 10.3 Å². The average molecular weight is 299 g/mol. The maximum absolute atomic E-state index is 5.55. The van der Waals surface area contributed by atoms with E-state index in [1.807, 2.05) is 7.05 Å². The number of rotatable bonds is 7. The molecule has 1 fully saturated rings. The zero-order valence-electron chi connectivity index (χ0n) is 12.6. The van der Waals surface area contributed by atoms with Crippen LogP contribution in [0.3, 0.4) is 0 Å². The first-order valence-electron chi connectivity index (χ1n) is 7.15. The van der Waals surface area contributed by atoms with Crippen LogP contribution in [-0.2, 0) is 22.6 Å². The van der Waals surface area contributed by atoms with E-state index in [9.17, 15) is 0 Å². The van der Waals surface area contributed by atoms with Gasteiger partial charge >= 0.3 is 0 Å². The lowest BCUT2D eigenvalue weighted by Crippen LogP contribution is -2.30. The number of hydrogen-bond acceptors (Lipinski definition) is 6. The number of hydrogen-bond donors (Lipinski definition) is 1. The molecule has 1 aliphatic rings. The van der Waals surface area contributed by atoms with E-state index in [1.54, 1.807) is 18.4 Å². The van der Waals surface area contributed by atoms with E-state index in [2.05, 4.69) is 17.3 Å². The van der Waals surface area contributed by atoms with Gasteiger partial charge in [0.1, 0.15) is 0 Å². The van der Waals surface area contributed by atoms with Crippen LogP contribution in [0, 0.1) is 5.92 Å². The number of aromatic nitrogens is 1. The SMILES string of the molecule is CNCc1sc(N(C)CC2CCCOC2)nc1COC. The topological polar surface area (TPSA) is 46.6 Å². The highest BCUT2D eigenvalue weighted by Crippen LogP contribution is 2.27. The van der Waals surface area contributed by atoms with E-state index in [0.29, 0.717) is 12.5 Å². The van der Waals surface area contributed by atoms with Crippen molar-refractivity contribution < 1.29 is 9.47 Å². The zero-order valence-corrected chi connectivity index (χ0v) is 13.5. The molecule has 2 heterocycles. The van der Waals surface area contributed by atoms with Crippen molar-refractivity contribution >= 4 is 16.5 Å². The molecule has 1 unspecified atom stereocenters. The smallest absolute Gasteiger partial charge is 0.185 e. The summed E-state index contributed by atoms with van der Waals surface area (Å²) in [6.07, 6.45) is 2.43. The zero-order chi connectivity index (χ0) is 14.4. The molecule has 0 saturated carbocycles. The van der Waals surface area contributed by atoms with Gasteiger partial charge in [-0.1, -0.05) is 0 Å². The van der Waals surface area contributed by atoms with Gasteiger partial charge in [-0.05, 0) is 25.8 Å². The fourth-order valence-electron chi connectivity index (χ4n) is 2.50. The normalized spacial score (nSPS) is 19.2. The predicted octanol–water partition coefficient (Wildman–Crippen LogP) is 1.87. The van der Waals surface area contributed by atoms with E-state index < -0.39 is 0 Å². The van der Waals surface area contributed by atoms with Gasteiger partial charge in [0, 0.05) is 38.7 Å². The van der Waals surface area contributed by atoms with Crippen molar-refractivity contribution in [2.45, 2.75) is 26.0 Å². The molecule has 0 amide bonds. The van der Waals surface area contributed by atoms with Crippen molar-refractivity contribution in [3.63, 3.8) is 0 Å². The Bertz CT molecular complexity index is 382. The fraction of sp³-hybridized carbons (Fsp3) is 0.786. The van der Waals surface area contributed by atoms with Crippen LogP contribution in [0.2, 0.25) is 0 Å². The van der Waals surface area contributed by atoms with Crippen LogP contribution in [-0.4, -0.2) is 45.9 Å². The van der Waals surface area contributed by atoms with Crippen LogP contribution in [0.25, 0.3) is 0 Å². The quantitative estimate of drug-likeness (QED) is 0.833. The van der Waals surface area contributed by atoms with E-state index in [1.165, 1.54) is 17.7 Å². The minimum Gasteiger partial charge on any atom is -0.381 e. The second-order valence-corrected chi connectivity index (χ2v) is 6.36. The molecule has 5 nitrogen and oxygen atoms in total. The minimum atomic E-state index is 0.577. The summed E-state index contributed by atoms with van der Waals surface area (Å²) in [6, 6.07) is 0. The summed E-state index contributed by atoms with van der Waals surface area (Å²) in [4.78, 5) is 8.24. The van der Waals surface area contributed by atoms with Gasteiger partial charge in [-0.2, -0.15) is 0 Å². The number of methoxy groups -OCH3 is 1. The molecule has 1 aliphatic heterocycles. The number of ether oxygens (including phenoxy) is 2. The fourth-order valence-corrected chi connectivity index (χ4v) is 3.54. The molecule has 1 atom stereocenters. The van der Waals surface area contributed by atoms with Crippen LogP contribution in [0.1, 0.15) is 23.4 Å². The van der Waals surface area contributed by atoms with Crippen molar-refractivity contribution in [2.75, 3.05) is 45.9 Å². The molecule has 1 aromatic rings. The Morgan fingerprint density at radius 2 is 2.40 bits per heavy atom. The first-order chi connectivity index (χ1) is 9.74. The largest absolute Gasteiger partial charge is 0.381 e. The molecule has 1 N–H and O–H groups in total. The Hall–Kier alpha value is -0.690. The highest BCUT2D eigenvalue weighted by molar-refractivity contribution is 7.15. The third-order valence-electron chi connectivity index (χ3n) is 3.50. The van der Waals surface area contributed by atoms with Gasteiger partial charge in [0.15, 0.2) is 5.13 Å². The van der Waals surface area contributed by atoms with Crippen molar-refractivity contribution in [2.24, 2.45) is 5.92 Å². The Kier molecular flexibility index (Phi) is 6.22. The van der Waals surface area contributed by atoms with Gasteiger partial charge in [-0.25, -0.2) is 4.98 Å². The number of thiazole rings is 1. The third-order valence-corrected chi connectivity index (χ3v) is 4.71. The minimum absolute atomic E-state index is 0.577. The Balaban J connectivity index is 2.00. The second kappa shape index (κ2) is 7.93. The number of anilines is 1. The highest BCUT2D eigenvalue weighted by Gasteiger charge is 2.19. The number of nitrogens with zero attached hydrogens (tertiary/aromatic N) is 2. The maximum Gasteiger partial charge on any atom is 0.185 e. The third kappa shape index (κ3) is 4.15. The Labute approximate surface area is 125 Å². The van der Waals surface area contributed by atoms with Crippen LogP contribution < -0.4 is 10.2 Å². The predicted molar refractivity (Wildman–Crippen MR) is 82.4 cm³/mol. The summed E-state index contributed by atoms with van der Waals surface area (Å²) >= 11 is 1.75. The summed E-state index contributed by atoms with van der Waals surface area (Å²) in [5, 5.41) is 4.27. The van der Waals surface area contributed by atoms with Crippen LogP contribution in [0.15, 0.2) is 0 Å². The summed E-state index contributed by atoms with van der Waals surface area (Å²) in [5.41, 5.74) is 1.05. The van der Waals surface area contributed by atoms with Crippen molar-refractivity contribution in [3.05, 3.63) is 10.6 Å². The summed E-state index contributed by atoms with van der Waals surface area (Å²) in [7, 11) is 5.79. The summed E-state index contributed by atoms with van der Waals surface area (Å²) in [6.45, 7) is 4.23. The molecule has 20 heavy (non-hydrogen) atoms. The average Bonchev–Trinajstić information content (AvgIpc) is 2.84. The van der Waals surface area contributed by atoms with Crippen molar-refractivity contribution in [3.8, 4) is 0 Å². The van der Waals surface area contributed by atoms with E-state index >= 15 is 0 Å². The molecule has 0 bridgehead atoms. The van der Waals surface area contributed by atoms with Gasteiger partial charge in [-0.15, -0.1) is 11.3 Å². The Morgan fingerprint density at radius 3 is 3.05 bits per heavy atom. The van der Waals surface area contributed by atoms with Crippen molar-refractivity contribution in [1.29, 1.82) is 0 Å². The molecule has 0 spiro atoms. The molecule has 0 aromatic carbocycles. The van der Waals surface area contributed by atoms with E-state index in [0.717, 1.165) is 37.1 Å². The highest BCUT2D eigenvalue weighted by atomic mass is 32.1. The molecular weight excluding hydrogens is 274 g/mol. The summed E-state index contributed by atoms with van der Waals surface area (Å²) in [5.74, 6) is 0.622. The Morgan fingerprint density at radius 1 is 1.55 bits per heavy atom. The standard InChI is InChI=1S/C14H25N3O2S/c1-15-7-13-12(10-18-3)16-14(20-13)17(2)8-11-5-4-6-19-9-11/h11,15H,4-10H2,1-3H3. The van der Waals surface area contributed by atoms with Crippen LogP contribution in [0.5, 0.6) is 0 Å². The van der Waals surface area contributed by atoms with E-state index in [4.69, 9.17) is 14.5 Å². The molecule has 6 heteroatoms. The van der Waals surface area contributed by atoms with Gasteiger partial charge in [0.2, 0.25) is 0 Å². The van der Waals surface area contributed by atoms with Gasteiger partial charge < -0.3 is 19.7 Å². The molecule has 0 radical (unpaired) electrons. The van der Waals surface area contributed by atoms with Gasteiger partial charge in [0.25, 0.3) is 0 Å². The maximum atomic E-state index is 5.55. The monoisotopic (exact) mass is 299 g/mol. The lowest BCUT2D eigenvalue weighted by Gasteiger charge is -2.26. The summed E-state index contributed by atoms with van der Waals surface area (Å²) < 4.78 is 10.8. The lowest BCUT2D eigenvalue weighted by atomic mass is 10.0. The second-order valence-electron chi connectivity index (χ2n) is 5.29. The molecule has 0 aliphatic carbocycles. The molecule has 2 rings (SSSR count). The molecule has 1 aromatic heterocycles. The van der Waals surface area contributed by atoms with Gasteiger partial charge in [0.05, 0.1) is 18.9 Å². The molecule has 114 valence electrons. The first kappa shape index (κ1) is 15.7. The first-order valence-corrected chi connectivity index (χ1v) is 7.97.